The Balaban J connectivity index is 1.62. The van der Waals surface area contributed by atoms with E-state index in [1.165, 1.54) is 4.90 Å². The lowest BCUT2D eigenvalue weighted by atomic mass is 9.96. The molecule has 7 nitrogen and oxygen atoms in total. The van der Waals surface area contributed by atoms with Gasteiger partial charge in [0.2, 0.25) is 5.95 Å². The number of hydrogen-bond donors (Lipinski definition) is 1. The molecule has 2 amide bonds. The number of benzene rings is 3. The molecular formula is C28H25F2N5O2. The van der Waals surface area contributed by atoms with Crippen LogP contribution in [0.15, 0.2) is 54.6 Å². The minimum Gasteiger partial charge on any atom is -0.368 e. The van der Waals surface area contributed by atoms with Crippen LogP contribution in [0.5, 0.6) is 0 Å². The third-order valence-corrected chi connectivity index (χ3v) is 6.70. The van der Waals surface area contributed by atoms with Gasteiger partial charge in [0.05, 0.1) is 11.1 Å². The number of nitrogens with zero attached hydrogens (tertiary/aromatic N) is 4. The highest BCUT2D eigenvalue weighted by Gasteiger charge is 2.27. The van der Waals surface area contributed by atoms with Crippen molar-refractivity contribution in [1.29, 1.82) is 0 Å². The maximum absolute atomic E-state index is 14.4. The zero-order chi connectivity index (χ0) is 26.3. The highest BCUT2D eigenvalue weighted by Crippen LogP contribution is 2.32. The molecule has 0 bridgehead atoms. The summed E-state index contributed by atoms with van der Waals surface area (Å²) in [6.45, 7) is 5.32. The number of hydrogen-bond acceptors (Lipinski definition) is 5. The van der Waals surface area contributed by atoms with Crippen molar-refractivity contribution in [3.63, 3.8) is 0 Å². The molecule has 3 aromatic carbocycles. The van der Waals surface area contributed by atoms with E-state index in [2.05, 4.69) is 9.97 Å². The number of carbonyl (C=O) groups is 2. The summed E-state index contributed by atoms with van der Waals surface area (Å²) in [4.78, 5) is 38.4. The molecule has 0 saturated heterocycles. The molecule has 2 heterocycles. The summed E-state index contributed by atoms with van der Waals surface area (Å²) in [5.74, 6) is -2.98. The molecule has 188 valence electrons. The van der Waals surface area contributed by atoms with Gasteiger partial charge in [-0.2, -0.15) is 0 Å². The summed E-state index contributed by atoms with van der Waals surface area (Å²) in [6.07, 6.45) is 0. The molecule has 0 spiro atoms. The maximum Gasteiger partial charge on any atom is 0.273 e. The van der Waals surface area contributed by atoms with E-state index in [1.807, 2.05) is 38.1 Å². The first-order chi connectivity index (χ1) is 17.8. The Kier molecular flexibility index (Phi) is 6.29. The first kappa shape index (κ1) is 24.3. The predicted molar refractivity (Wildman–Crippen MR) is 137 cm³/mol. The summed E-state index contributed by atoms with van der Waals surface area (Å²) >= 11 is 0. The minimum absolute atomic E-state index is 0.0289. The third kappa shape index (κ3) is 4.37. The molecule has 5 rings (SSSR count). The van der Waals surface area contributed by atoms with Gasteiger partial charge in [0.1, 0.15) is 5.69 Å². The summed E-state index contributed by atoms with van der Waals surface area (Å²) in [7, 11) is 0. The summed E-state index contributed by atoms with van der Waals surface area (Å²) in [5, 5.41) is 0.402. The molecule has 0 saturated carbocycles. The largest absolute Gasteiger partial charge is 0.368 e. The first-order valence-electron chi connectivity index (χ1n) is 12.0. The quantitative estimate of drug-likeness (QED) is 0.424. The zero-order valence-electron chi connectivity index (χ0n) is 20.5. The number of aromatic nitrogens is 2. The Bertz CT molecular complexity index is 1530. The van der Waals surface area contributed by atoms with Gasteiger partial charge >= 0.3 is 0 Å². The van der Waals surface area contributed by atoms with Crippen LogP contribution in [-0.2, 0) is 13.1 Å². The lowest BCUT2D eigenvalue weighted by molar-refractivity contribution is 0.0745. The van der Waals surface area contributed by atoms with E-state index >= 15 is 0 Å². The standard InChI is InChI=1S/C28H25F2N5O2/c1-3-34(4-2)26(36)20-13-23(30)22(29)12-19(20)16-9-10-24-21(11-16)25(33-28(31)32-24)27(37)35-14-17-7-5-6-8-18(17)15-35/h5-13H,3-4,14-15H2,1-2H3,(H2,31,32,33). The summed E-state index contributed by atoms with van der Waals surface area (Å²) in [5.41, 5.74) is 9.24. The van der Waals surface area contributed by atoms with Gasteiger partial charge < -0.3 is 15.5 Å². The number of fused-ring (bicyclic) bond motifs is 2. The van der Waals surface area contributed by atoms with Crippen molar-refractivity contribution in [1.82, 2.24) is 19.8 Å². The Hall–Kier alpha value is -4.40. The van der Waals surface area contributed by atoms with Gasteiger partial charge in [-0.25, -0.2) is 18.7 Å². The van der Waals surface area contributed by atoms with Crippen molar-refractivity contribution < 1.29 is 18.4 Å². The maximum atomic E-state index is 14.4. The van der Waals surface area contributed by atoms with E-state index in [0.717, 1.165) is 23.3 Å². The van der Waals surface area contributed by atoms with Gasteiger partial charge in [-0.3, -0.25) is 9.59 Å². The molecule has 0 fully saturated rings. The fourth-order valence-electron chi connectivity index (χ4n) is 4.75. The number of carbonyl (C=O) groups excluding carboxylic acids is 2. The molecular weight excluding hydrogens is 476 g/mol. The van der Waals surface area contributed by atoms with Crippen LogP contribution in [0.3, 0.4) is 0 Å². The number of nitrogen functional groups attached to an aromatic ring is 1. The second-order valence-electron chi connectivity index (χ2n) is 8.88. The second-order valence-corrected chi connectivity index (χ2v) is 8.88. The van der Waals surface area contributed by atoms with Crippen LogP contribution in [-0.4, -0.2) is 44.7 Å². The smallest absolute Gasteiger partial charge is 0.273 e. The van der Waals surface area contributed by atoms with Crippen molar-refractivity contribution in [3.05, 3.63) is 88.6 Å². The molecule has 0 atom stereocenters. The molecule has 0 aliphatic carbocycles. The molecule has 37 heavy (non-hydrogen) atoms. The highest BCUT2D eigenvalue weighted by molar-refractivity contribution is 6.07. The van der Waals surface area contributed by atoms with E-state index < -0.39 is 17.5 Å². The van der Waals surface area contributed by atoms with Crippen LogP contribution in [0.2, 0.25) is 0 Å². The van der Waals surface area contributed by atoms with Gasteiger partial charge in [-0.1, -0.05) is 30.3 Å². The Labute approximate surface area is 212 Å². The van der Waals surface area contributed by atoms with Crippen molar-refractivity contribution in [3.8, 4) is 11.1 Å². The fourth-order valence-corrected chi connectivity index (χ4v) is 4.75. The monoisotopic (exact) mass is 501 g/mol. The molecule has 0 radical (unpaired) electrons. The van der Waals surface area contributed by atoms with Crippen LogP contribution in [0, 0.1) is 11.6 Å². The van der Waals surface area contributed by atoms with Crippen molar-refractivity contribution in [2.45, 2.75) is 26.9 Å². The number of amides is 2. The van der Waals surface area contributed by atoms with Crippen molar-refractivity contribution in [2.24, 2.45) is 0 Å². The summed E-state index contributed by atoms with van der Waals surface area (Å²) < 4.78 is 28.6. The molecule has 1 aliphatic rings. The van der Waals surface area contributed by atoms with Gasteiger partial charge in [-0.15, -0.1) is 0 Å². The van der Waals surface area contributed by atoms with E-state index in [-0.39, 0.29) is 28.7 Å². The average molecular weight is 502 g/mol. The fraction of sp³-hybridized carbons (Fsp3) is 0.214. The predicted octanol–water partition coefficient (Wildman–Crippen LogP) is 4.80. The van der Waals surface area contributed by atoms with E-state index in [4.69, 9.17) is 5.73 Å². The third-order valence-electron chi connectivity index (χ3n) is 6.70. The Morgan fingerprint density at radius 3 is 2.24 bits per heavy atom. The van der Waals surface area contributed by atoms with E-state index in [9.17, 15) is 18.4 Å². The van der Waals surface area contributed by atoms with Gasteiger partial charge in [-0.05, 0) is 60.4 Å². The van der Waals surface area contributed by atoms with Gasteiger partial charge in [0.25, 0.3) is 11.8 Å². The first-order valence-corrected chi connectivity index (χ1v) is 12.0. The molecule has 4 aromatic rings. The van der Waals surface area contributed by atoms with Gasteiger partial charge in [0, 0.05) is 31.6 Å². The average Bonchev–Trinajstić information content (AvgIpc) is 3.34. The number of nitrogens with two attached hydrogens (primary N) is 1. The molecule has 2 N–H and O–H groups in total. The normalized spacial score (nSPS) is 12.6. The number of rotatable bonds is 5. The van der Waals surface area contributed by atoms with Gasteiger partial charge in [0.15, 0.2) is 11.6 Å². The topological polar surface area (TPSA) is 92.4 Å². The lowest BCUT2D eigenvalue weighted by Crippen LogP contribution is -2.31. The number of halogens is 2. The van der Waals surface area contributed by atoms with Crippen LogP contribution >= 0.6 is 0 Å². The minimum atomic E-state index is -1.11. The van der Waals surface area contributed by atoms with Crippen molar-refractivity contribution in [2.75, 3.05) is 18.8 Å². The zero-order valence-corrected chi connectivity index (χ0v) is 20.5. The van der Waals surface area contributed by atoms with Crippen LogP contribution in [0.4, 0.5) is 14.7 Å². The number of anilines is 1. The van der Waals surface area contributed by atoms with E-state index in [0.29, 0.717) is 42.6 Å². The Morgan fingerprint density at radius 1 is 0.946 bits per heavy atom. The highest BCUT2D eigenvalue weighted by atomic mass is 19.2. The van der Waals surface area contributed by atoms with Crippen LogP contribution in [0.1, 0.15) is 45.8 Å². The molecule has 1 aromatic heterocycles. The second kappa shape index (κ2) is 9.57. The van der Waals surface area contributed by atoms with E-state index in [1.54, 1.807) is 23.1 Å². The molecule has 9 heteroatoms. The molecule has 1 aliphatic heterocycles. The van der Waals surface area contributed by atoms with Crippen molar-refractivity contribution >= 4 is 28.7 Å². The summed E-state index contributed by atoms with van der Waals surface area (Å²) in [6, 6.07) is 14.6. The molecule has 0 unspecified atom stereocenters. The SMILES string of the molecule is CCN(CC)C(=O)c1cc(F)c(F)cc1-c1ccc2nc(N)nc(C(=O)N3Cc4ccccc4C3)c2c1. The Morgan fingerprint density at radius 2 is 1.59 bits per heavy atom. The van der Waals surface area contributed by atoms with Crippen LogP contribution in [0.25, 0.3) is 22.0 Å². The lowest BCUT2D eigenvalue weighted by Gasteiger charge is -2.21. The van der Waals surface area contributed by atoms with Crippen LogP contribution < -0.4 is 5.73 Å².